The molecule has 15 heavy (non-hydrogen) atoms. The smallest absolute Gasteiger partial charge is 0.223 e. The average Bonchev–Trinajstić information content (AvgIpc) is 3.08. The van der Waals surface area contributed by atoms with Crippen molar-refractivity contribution in [2.24, 2.45) is 5.92 Å². The van der Waals surface area contributed by atoms with E-state index >= 15 is 0 Å². The summed E-state index contributed by atoms with van der Waals surface area (Å²) in [6.45, 7) is 6.15. The molecular formula is C12H30N2O. The Balaban J connectivity index is -0.000000289. The van der Waals surface area contributed by atoms with Crippen LogP contribution in [0.15, 0.2) is 0 Å². The first-order valence-electron chi connectivity index (χ1n) is 6.18. The molecule has 3 heteroatoms. The molecule has 1 aliphatic rings. The van der Waals surface area contributed by atoms with Crippen LogP contribution in [0.25, 0.3) is 0 Å². The maximum atomic E-state index is 11.0. The van der Waals surface area contributed by atoms with Gasteiger partial charge in [0.05, 0.1) is 0 Å². The van der Waals surface area contributed by atoms with E-state index in [9.17, 15) is 4.79 Å². The fraction of sp³-hybridized carbons (Fsp3) is 0.917. The molecule has 1 amide bonds. The van der Waals surface area contributed by atoms with Gasteiger partial charge in [-0.05, 0) is 32.9 Å². The molecule has 1 rings (SSSR count). The number of carbonyl (C=O) groups excluding carboxylic acids is 1. The molecular weight excluding hydrogens is 188 g/mol. The van der Waals surface area contributed by atoms with Crippen LogP contribution in [0, 0.1) is 5.92 Å². The Hall–Kier alpha value is -0.570. The molecule has 0 aliphatic heterocycles. The topological polar surface area (TPSA) is 41.1 Å². The minimum absolute atomic E-state index is 0. The largest absolute Gasteiger partial charge is 0.356 e. The van der Waals surface area contributed by atoms with Gasteiger partial charge in [-0.3, -0.25) is 4.79 Å². The Morgan fingerprint density at radius 1 is 1.27 bits per heavy atom. The van der Waals surface area contributed by atoms with Crippen LogP contribution in [-0.4, -0.2) is 26.0 Å². The van der Waals surface area contributed by atoms with Crippen molar-refractivity contribution in [2.45, 2.75) is 46.0 Å². The summed E-state index contributed by atoms with van der Waals surface area (Å²) in [5.74, 6) is 0.602. The number of nitrogens with one attached hydrogen (secondary N) is 2. The predicted octanol–water partition coefficient (Wildman–Crippen LogP) is 2.42. The molecule has 0 atom stereocenters. The van der Waals surface area contributed by atoms with Crippen molar-refractivity contribution in [1.29, 1.82) is 0 Å². The number of amides is 1. The third-order valence-corrected chi connectivity index (χ3v) is 2.35. The quantitative estimate of drug-likeness (QED) is 0.672. The fourth-order valence-electron chi connectivity index (χ4n) is 0.967. The lowest BCUT2D eigenvalue weighted by molar-refractivity contribution is -0.122. The highest BCUT2D eigenvalue weighted by Gasteiger charge is 2.28. The Kier molecular flexibility index (Phi) is 9.59. The van der Waals surface area contributed by atoms with Gasteiger partial charge >= 0.3 is 0 Å². The molecule has 0 bridgehead atoms. The molecule has 0 saturated heterocycles. The number of hydrogen-bond donors (Lipinski definition) is 2. The van der Waals surface area contributed by atoms with Crippen LogP contribution >= 0.6 is 0 Å². The van der Waals surface area contributed by atoms with Crippen LogP contribution in [0.4, 0.5) is 0 Å². The van der Waals surface area contributed by atoms with Gasteiger partial charge in [-0.15, -0.1) is 0 Å². The van der Waals surface area contributed by atoms with Gasteiger partial charge in [-0.2, -0.15) is 0 Å². The summed E-state index contributed by atoms with van der Waals surface area (Å²) in [5.41, 5.74) is 0. The molecule has 0 aromatic carbocycles. The zero-order valence-electron chi connectivity index (χ0n) is 10.4. The molecule has 0 aromatic heterocycles. The molecule has 2 N–H and O–H groups in total. The van der Waals surface area contributed by atoms with Crippen LogP contribution in [0.2, 0.25) is 0 Å². The second-order valence-electron chi connectivity index (χ2n) is 4.02. The molecule has 94 valence electrons. The maximum Gasteiger partial charge on any atom is 0.223 e. The van der Waals surface area contributed by atoms with Crippen molar-refractivity contribution in [3.8, 4) is 0 Å². The van der Waals surface area contributed by atoms with E-state index in [-0.39, 0.29) is 8.76 Å². The molecule has 3 nitrogen and oxygen atoms in total. The van der Waals surface area contributed by atoms with Crippen LogP contribution in [0.5, 0.6) is 0 Å². The van der Waals surface area contributed by atoms with Crippen LogP contribution in [-0.2, 0) is 4.79 Å². The van der Waals surface area contributed by atoms with Gasteiger partial charge in [-0.1, -0.05) is 26.7 Å². The zero-order valence-corrected chi connectivity index (χ0v) is 10.4. The van der Waals surface area contributed by atoms with E-state index in [0.717, 1.165) is 32.4 Å². The van der Waals surface area contributed by atoms with E-state index in [1.165, 1.54) is 12.8 Å². The summed E-state index contributed by atoms with van der Waals surface area (Å²) in [6.07, 6.45) is 5.85. The molecule has 0 unspecified atom stereocenters. The molecule has 1 saturated carbocycles. The van der Waals surface area contributed by atoms with Gasteiger partial charge in [0.15, 0.2) is 0 Å². The van der Waals surface area contributed by atoms with E-state index in [1.54, 1.807) is 0 Å². The first kappa shape index (κ1) is 14.4. The van der Waals surface area contributed by atoms with Crippen LogP contribution in [0.3, 0.4) is 0 Å². The average molecular weight is 218 g/mol. The summed E-state index contributed by atoms with van der Waals surface area (Å²) in [4.78, 5) is 11.0. The summed E-state index contributed by atoms with van der Waals surface area (Å²) in [7, 11) is 1.92. The summed E-state index contributed by atoms with van der Waals surface area (Å²) < 4.78 is 0. The summed E-state index contributed by atoms with van der Waals surface area (Å²) >= 11 is 0. The number of unbranched alkanes of at least 4 members (excludes halogenated alkanes) is 1. The number of carbonyl (C=O) groups is 1. The minimum atomic E-state index is 0. The van der Waals surface area contributed by atoms with Gasteiger partial charge in [0.25, 0.3) is 0 Å². The van der Waals surface area contributed by atoms with Crippen molar-refractivity contribution in [3.63, 3.8) is 0 Å². The highest BCUT2D eigenvalue weighted by molar-refractivity contribution is 5.80. The van der Waals surface area contributed by atoms with E-state index in [0.29, 0.717) is 5.92 Å². The zero-order chi connectivity index (χ0) is 11.5. The van der Waals surface area contributed by atoms with Crippen molar-refractivity contribution in [1.82, 2.24) is 10.6 Å². The molecule has 0 heterocycles. The Labute approximate surface area is 97.0 Å². The monoisotopic (exact) mass is 218 g/mol. The highest BCUT2D eigenvalue weighted by Crippen LogP contribution is 2.28. The molecule has 0 spiro atoms. The SMILES string of the molecule is CCCC.CNCCCNC(=O)C1CC1.[HH].[HH]. The van der Waals surface area contributed by atoms with Gasteiger partial charge in [0, 0.05) is 15.3 Å². The van der Waals surface area contributed by atoms with Gasteiger partial charge in [0.1, 0.15) is 0 Å². The lowest BCUT2D eigenvalue weighted by Crippen LogP contribution is -2.27. The standard InChI is InChI=1S/C8H16N2O.C4H10.2H2/c1-9-5-2-6-10-8(11)7-3-4-7;1-3-4-2;;/h7,9H,2-6H2,1H3,(H,10,11);3-4H2,1-2H3;2*1H. The normalized spacial score (nSPS) is 14.1. The summed E-state index contributed by atoms with van der Waals surface area (Å²) in [6, 6.07) is 0. The Morgan fingerprint density at radius 3 is 2.27 bits per heavy atom. The van der Waals surface area contributed by atoms with Crippen molar-refractivity contribution in [2.75, 3.05) is 20.1 Å². The highest BCUT2D eigenvalue weighted by atomic mass is 16.2. The van der Waals surface area contributed by atoms with Crippen molar-refractivity contribution < 1.29 is 7.65 Å². The van der Waals surface area contributed by atoms with E-state index < -0.39 is 0 Å². The lowest BCUT2D eigenvalue weighted by atomic mass is 10.3. The van der Waals surface area contributed by atoms with Crippen LogP contribution in [0.1, 0.15) is 48.8 Å². The van der Waals surface area contributed by atoms with Crippen LogP contribution < -0.4 is 10.6 Å². The van der Waals surface area contributed by atoms with Gasteiger partial charge < -0.3 is 10.6 Å². The first-order valence-corrected chi connectivity index (χ1v) is 6.18. The molecule has 0 aromatic rings. The summed E-state index contributed by atoms with van der Waals surface area (Å²) in [5, 5.41) is 5.94. The minimum Gasteiger partial charge on any atom is -0.356 e. The van der Waals surface area contributed by atoms with Gasteiger partial charge in [-0.25, -0.2) is 0 Å². The first-order chi connectivity index (χ1) is 7.26. The molecule has 1 fully saturated rings. The maximum absolute atomic E-state index is 11.0. The third kappa shape index (κ3) is 9.73. The van der Waals surface area contributed by atoms with Crippen molar-refractivity contribution >= 4 is 5.91 Å². The Bertz CT molecular complexity index is 163. The predicted molar refractivity (Wildman–Crippen MR) is 69.1 cm³/mol. The molecule has 1 aliphatic carbocycles. The lowest BCUT2D eigenvalue weighted by Gasteiger charge is -2.02. The number of rotatable bonds is 6. The fourth-order valence-corrected chi connectivity index (χ4v) is 0.967. The second-order valence-corrected chi connectivity index (χ2v) is 4.02. The van der Waals surface area contributed by atoms with E-state index in [1.807, 2.05) is 7.05 Å². The second kappa shape index (κ2) is 9.97. The van der Waals surface area contributed by atoms with E-state index in [4.69, 9.17) is 0 Å². The van der Waals surface area contributed by atoms with Crippen molar-refractivity contribution in [3.05, 3.63) is 0 Å². The number of hydrogen-bond acceptors (Lipinski definition) is 2. The Morgan fingerprint density at radius 2 is 1.87 bits per heavy atom. The molecule has 0 radical (unpaired) electrons. The van der Waals surface area contributed by atoms with E-state index in [2.05, 4.69) is 24.5 Å². The third-order valence-electron chi connectivity index (χ3n) is 2.35. The van der Waals surface area contributed by atoms with Gasteiger partial charge in [0.2, 0.25) is 5.91 Å².